The van der Waals surface area contributed by atoms with E-state index in [1.165, 1.54) is 12.1 Å². The van der Waals surface area contributed by atoms with E-state index in [9.17, 15) is 0 Å². The summed E-state index contributed by atoms with van der Waals surface area (Å²) < 4.78 is 0. The highest BCUT2D eigenvalue weighted by Crippen LogP contribution is 2.24. The highest BCUT2D eigenvalue weighted by atomic mass is 35.5. The lowest BCUT2D eigenvalue weighted by Gasteiger charge is -2.18. The Balaban J connectivity index is 0.00000161. The van der Waals surface area contributed by atoms with Gasteiger partial charge >= 0.3 is 0 Å². The van der Waals surface area contributed by atoms with Gasteiger partial charge in [-0.1, -0.05) is 12.1 Å². The van der Waals surface area contributed by atoms with Crippen LogP contribution in [0.3, 0.4) is 0 Å². The number of nitrogen functional groups attached to an aromatic ring is 1. The van der Waals surface area contributed by atoms with Gasteiger partial charge in [-0.3, -0.25) is 0 Å². The van der Waals surface area contributed by atoms with Gasteiger partial charge in [0, 0.05) is 36.6 Å². The normalized spacial score (nSPS) is 16.0. The van der Waals surface area contributed by atoms with Gasteiger partial charge < -0.3 is 16.0 Å². The molecule has 1 aromatic heterocycles. The molecule has 23 heavy (non-hydrogen) atoms. The molecule has 1 aliphatic heterocycles. The third kappa shape index (κ3) is 5.11. The molecule has 5 nitrogen and oxygen atoms in total. The van der Waals surface area contributed by atoms with Crippen molar-refractivity contribution in [2.24, 2.45) is 0 Å². The number of benzene rings is 1. The Morgan fingerprint density at radius 1 is 1.13 bits per heavy atom. The molecule has 1 saturated heterocycles. The van der Waals surface area contributed by atoms with Crippen molar-refractivity contribution in [2.75, 3.05) is 30.8 Å². The number of anilines is 2. The first kappa shape index (κ1) is 21.7. The van der Waals surface area contributed by atoms with Gasteiger partial charge in [-0.2, -0.15) is 0 Å². The molecule has 0 aliphatic carbocycles. The third-order valence-corrected chi connectivity index (χ3v) is 3.80. The lowest BCUT2D eigenvalue weighted by molar-refractivity contribution is 0.617. The average molecular weight is 379 g/mol. The summed E-state index contributed by atoms with van der Waals surface area (Å²) in [5, 5.41) is 3.33. The number of hydrogen-bond donors (Lipinski definition) is 2. The molecule has 0 bridgehead atoms. The summed E-state index contributed by atoms with van der Waals surface area (Å²) in [5.74, 6) is 0.308. The van der Waals surface area contributed by atoms with Crippen LogP contribution in [0.4, 0.5) is 11.6 Å². The van der Waals surface area contributed by atoms with E-state index in [4.69, 9.17) is 5.73 Å². The lowest BCUT2D eigenvalue weighted by atomic mass is 10.1. The Morgan fingerprint density at radius 2 is 1.83 bits per heavy atom. The van der Waals surface area contributed by atoms with E-state index in [1.807, 2.05) is 13.1 Å². The summed E-state index contributed by atoms with van der Waals surface area (Å²) >= 11 is 0. The molecule has 1 aliphatic rings. The SMILES string of the molecule is CN[C@@H]1CCN(c2ccc(-c3ccnc(N)n3)cc2)C1.Cl.Cl.Cl. The van der Waals surface area contributed by atoms with Gasteiger partial charge in [-0.25, -0.2) is 9.97 Å². The predicted molar refractivity (Wildman–Crippen MR) is 103 cm³/mol. The van der Waals surface area contributed by atoms with Gasteiger partial charge in [0.2, 0.25) is 5.95 Å². The van der Waals surface area contributed by atoms with Crippen molar-refractivity contribution in [1.82, 2.24) is 15.3 Å². The smallest absolute Gasteiger partial charge is 0.220 e. The molecule has 3 N–H and O–H groups in total. The molecule has 0 amide bonds. The van der Waals surface area contributed by atoms with Crippen molar-refractivity contribution in [3.05, 3.63) is 36.5 Å². The van der Waals surface area contributed by atoms with Crippen LogP contribution in [0.15, 0.2) is 36.5 Å². The first-order valence-electron chi connectivity index (χ1n) is 6.87. The molecule has 1 aromatic carbocycles. The lowest BCUT2D eigenvalue weighted by Crippen LogP contribution is -2.29. The first-order valence-corrected chi connectivity index (χ1v) is 6.87. The second kappa shape index (κ2) is 9.78. The van der Waals surface area contributed by atoms with Crippen LogP contribution in [0.25, 0.3) is 11.3 Å². The fourth-order valence-electron chi connectivity index (χ4n) is 2.61. The van der Waals surface area contributed by atoms with Crippen LogP contribution in [0.5, 0.6) is 0 Å². The molecule has 1 fully saturated rings. The summed E-state index contributed by atoms with van der Waals surface area (Å²) in [6.07, 6.45) is 2.88. The summed E-state index contributed by atoms with van der Waals surface area (Å²) in [4.78, 5) is 10.6. The van der Waals surface area contributed by atoms with E-state index in [-0.39, 0.29) is 37.2 Å². The monoisotopic (exact) mass is 377 g/mol. The Morgan fingerprint density at radius 3 is 2.39 bits per heavy atom. The molecule has 1 atom stereocenters. The van der Waals surface area contributed by atoms with Crippen LogP contribution < -0.4 is 16.0 Å². The Bertz CT molecular complexity index is 594. The van der Waals surface area contributed by atoms with E-state index in [1.54, 1.807) is 6.20 Å². The maximum Gasteiger partial charge on any atom is 0.220 e. The number of nitrogens with two attached hydrogens (primary N) is 1. The number of hydrogen-bond acceptors (Lipinski definition) is 5. The Hall–Kier alpha value is -1.27. The van der Waals surface area contributed by atoms with Crippen LogP contribution in [-0.4, -0.2) is 36.1 Å². The third-order valence-electron chi connectivity index (χ3n) is 3.80. The fourth-order valence-corrected chi connectivity index (χ4v) is 2.61. The van der Waals surface area contributed by atoms with Gasteiger partial charge in [0.15, 0.2) is 0 Å². The Kier molecular flexibility index (Phi) is 9.24. The number of nitrogens with one attached hydrogen (secondary N) is 1. The first-order chi connectivity index (χ1) is 9.76. The topological polar surface area (TPSA) is 67.1 Å². The molecule has 0 radical (unpaired) electrons. The summed E-state index contributed by atoms with van der Waals surface area (Å²) in [6.45, 7) is 2.17. The van der Waals surface area contributed by atoms with Crippen LogP contribution >= 0.6 is 37.2 Å². The standard InChI is InChI=1S/C15H19N5.3ClH/c1-17-12-7-9-20(10-12)13-4-2-11(3-5-13)14-6-8-18-15(16)19-14;;;/h2-6,8,12,17H,7,9-10H2,1H3,(H2,16,18,19);3*1H/t12-;;;/m1.../s1. The van der Waals surface area contributed by atoms with Crippen molar-refractivity contribution in [2.45, 2.75) is 12.5 Å². The van der Waals surface area contributed by atoms with Gasteiger partial charge in [-0.15, -0.1) is 37.2 Å². The average Bonchev–Trinajstić information content (AvgIpc) is 2.96. The fraction of sp³-hybridized carbons (Fsp3) is 0.333. The molecule has 3 rings (SSSR count). The summed E-state index contributed by atoms with van der Waals surface area (Å²) in [5.41, 5.74) is 8.80. The molecule has 128 valence electrons. The van der Waals surface area contributed by atoms with Crippen molar-refractivity contribution in [3.8, 4) is 11.3 Å². The van der Waals surface area contributed by atoms with Gasteiger partial charge in [0.1, 0.15) is 0 Å². The Labute approximate surface area is 155 Å². The zero-order chi connectivity index (χ0) is 13.9. The number of rotatable bonds is 3. The number of aromatic nitrogens is 2. The van der Waals surface area contributed by atoms with Crippen molar-refractivity contribution >= 4 is 48.9 Å². The van der Waals surface area contributed by atoms with Gasteiger partial charge in [-0.05, 0) is 31.7 Å². The van der Waals surface area contributed by atoms with Gasteiger partial charge in [0.25, 0.3) is 0 Å². The van der Waals surface area contributed by atoms with Crippen molar-refractivity contribution in [3.63, 3.8) is 0 Å². The molecule has 2 aromatic rings. The molecular formula is C15H22Cl3N5. The second-order valence-corrected chi connectivity index (χ2v) is 5.07. The number of likely N-dealkylation sites (N-methyl/N-ethyl adjacent to an activating group) is 1. The van der Waals surface area contributed by atoms with Crippen LogP contribution in [0.1, 0.15) is 6.42 Å². The van der Waals surface area contributed by atoms with Gasteiger partial charge in [0.05, 0.1) is 5.69 Å². The maximum atomic E-state index is 5.62. The van der Waals surface area contributed by atoms with E-state index >= 15 is 0 Å². The van der Waals surface area contributed by atoms with Crippen LogP contribution in [0.2, 0.25) is 0 Å². The van der Waals surface area contributed by atoms with Crippen molar-refractivity contribution < 1.29 is 0 Å². The molecule has 8 heteroatoms. The summed E-state index contributed by atoms with van der Waals surface area (Å²) in [7, 11) is 2.02. The van der Waals surface area contributed by atoms with E-state index in [0.29, 0.717) is 12.0 Å². The highest BCUT2D eigenvalue weighted by molar-refractivity contribution is 5.86. The minimum absolute atomic E-state index is 0. The zero-order valence-corrected chi connectivity index (χ0v) is 15.3. The maximum absolute atomic E-state index is 5.62. The van der Waals surface area contributed by atoms with Crippen LogP contribution in [0, 0.1) is 0 Å². The minimum Gasteiger partial charge on any atom is -0.370 e. The largest absolute Gasteiger partial charge is 0.370 e. The molecule has 2 heterocycles. The van der Waals surface area contributed by atoms with E-state index in [0.717, 1.165) is 24.3 Å². The number of halogens is 3. The zero-order valence-electron chi connectivity index (χ0n) is 12.8. The van der Waals surface area contributed by atoms with Crippen LogP contribution in [-0.2, 0) is 0 Å². The quantitative estimate of drug-likeness (QED) is 0.859. The minimum atomic E-state index is 0. The second-order valence-electron chi connectivity index (χ2n) is 5.07. The van der Waals surface area contributed by atoms with E-state index in [2.05, 4.69) is 44.5 Å². The molecule has 0 spiro atoms. The number of nitrogens with zero attached hydrogens (tertiary/aromatic N) is 3. The predicted octanol–water partition coefficient (Wildman–Crippen LogP) is 2.79. The molecule has 0 unspecified atom stereocenters. The molecular weight excluding hydrogens is 357 g/mol. The van der Waals surface area contributed by atoms with E-state index < -0.39 is 0 Å². The van der Waals surface area contributed by atoms with Crippen molar-refractivity contribution in [1.29, 1.82) is 0 Å². The summed E-state index contributed by atoms with van der Waals surface area (Å²) in [6, 6.07) is 10.9. The molecule has 0 saturated carbocycles. The highest BCUT2D eigenvalue weighted by Gasteiger charge is 2.20.